The molecule has 0 unspecified atom stereocenters. The van der Waals surface area contributed by atoms with Gasteiger partial charge in [-0.25, -0.2) is 4.98 Å². The number of hydrogen-bond acceptors (Lipinski definition) is 3. The molecule has 0 spiro atoms. The van der Waals surface area contributed by atoms with E-state index in [0.717, 1.165) is 19.3 Å². The van der Waals surface area contributed by atoms with Gasteiger partial charge in [-0.2, -0.15) is 0 Å². The lowest BCUT2D eigenvalue weighted by atomic mass is 9.74. The van der Waals surface area contributed by atoms with Crippen LogP contribution in [0.1, 0.15) is 43.0 Å². The molecule has 4 nitrogen and oxygen atoms in total. The molecule has 1 aliphatic carbocycles. The molecule has 16 heavy (non-hydrogen) atoms. The fourth-order valence-electron chi connectivity index (χ4n) is 2.07. The number of aromatic nitrogens is 1. The number of anilines is 1. The fraction of sp³-hybridized carbons (Fsp3) is 0.500. The summed E-state index contributed by atoms with van der Waals surface area (Å²) in [6.07, 6.45) is 5.90. The van der Waals surface area contributed by atoms with E-state index >= 15 is 0 Å². The van der Waals surface area contributed by atoms with Crippen molar-refractivity contribution in [1.82, 2.24) is 10.3 Å². The van der Waals surface area contributed by atoms with Gasteiger partial charge in [-0.1, -0.05) is 6.92 Å². The largest absolute Gasteiger partial charge is 0.384 e. The average Bonchev–Trinajstić information content (AvgIpc) is 2.23. The van der Waals surface area contributed by atoms with Crippen molar-refractivity contribution in [2.24, 2.45) is 0 Å². The first kappa shape index (κ1) is 10.9. The lowest BCUT2D eigenvalue weighted by molar-refractivity contribution is 0.0820. The van der Waals surface area contributed by atoms with Crippen molar-refractivity contribution < 1.29 is 4.79 Å². The van der Waals surface area contributed by atoms with Gasteiger partial charge in [0.05, 0.1) is 0 Å². The molecule has 4 heteroatoms. The highest BCUT2D eigenvalue weighted by Crippen LogP contribution is 2.34. The topological polar surface area (TPSA) is 68.0 Å². The van der Waals surface area contributed by atoms with E-state index in [0.29, 0.717) is 11.4 Å². The summed E-state index contributed by atoms with van der Waals surface area (Å²) in [5.41, 5.74) is 6.16. The Morgan fingerprint density at radius 3 is 2.88 bits per heavy atom. The van der Waals surface area contributed by atoms with E-state index in [1.807, 2.05) is 0 Å². The van der Waals surface area contributed by atoms with E-state index in [1.165, 1.54) is 6.42 Å². The Labute approximate surface area is 95.3 Å². The number of rotatable bonds is 3. The van der Waals surface area contributed by atoms with Gasteiger partial charge in [-0.3, -0.25) is 4.79 Å². The van der Waals surface area contributed by atoms with E-state index < -0.39 is 0 Å². The molecule has 1 aliphatic rings. The lowest BCUT2D eigenvalue weighted by Gasteiger charge is -2.42. The van der Waals surface area contributed by atoms with Gasteiger partial charge in [0.1, 0.15) is 5.82 Å². The summed E-state index contributed by atoms with van der Waals surface area (Å²) < 4.78 is 0. The van der Waals surface area contributed by atoms with Crippen LogP contribution in [0.15, 0.2) is 18.3 Å². The molecule has 1 aromatic rings. The summed E-state index contributed by atoms with van der Waals surface area (Å²) >= 11 is 0. The summed E-state index contributed by atoms with van der Waals surface area (Å²) in [4.78, 5) is 15.8. The number of nitrogen functional groups attached to an aromatic ring is 1. The standard InChI is InChI=1S/C12H17N3O/c1-2-12(5-3-6-12)15-11(16)9-4-7-14-10(13)8-9/h4,7-8H,2-3,5-6H2,1H3,(H2,13,14)(H,15,16). The first-order valence-corrected chi connectivity index (χ1v) is 5.69. The number of amides is 1. The number of nitrogens with zero attached hydrogens (tertiary/aromatic N) is 1. The van der Waals surface area contributed by atoms with Gasteiger partial charge in [0.25, 0.3) is 5.91 Å². The predicted octanol–water partition coefficient (Wildman–Crippen LogP) is 1.73. The summed E-state index contributed by atoms with van der Waals surface area (Å²) in [5, 5.41) is 3.10. The fourth-order valence-corrected chi connectivity index (χ4v) is 2.07. The minimum atomic E-state index is -0.0457. The molecule has 1 amide bonds. The monoisotopic (exact) mass is 219 g/mol. The van der Waals surface area contributed by atoms with E-state index in [9.17, 15) is 4.79 Å². The first-order chi connectivity index (χ1) is 7.65. The lowest BCUT2D eigenvalue weighted by Crippen LogP contribution is -2.52. The van der Waals surface area contributed by atoms with Crippen molar-refractivity contribution in [3.63, 3.8) is 0 Å². The van der Waals surface area contributed by atoms with Crippen LogP contribution in [0.3, 0.4) is 0 Å². The van der Waals surface area contributed by atoms with Gasteiger partial charge >= 0.3 is 0 Å². The minimum absolute atomic E-state index is 0.0229. The van der Waals surface area contributed by atoms with Gasteiger partial charge in [0, 0.05) is 17.3 Å². The summed E-state index contributed by atoms with van der Waals surface area (Å²) in [6.45, 7) is 2.11. The van der Waals surface area contributed by atoms with Crippen molar-refractivity contribution >= 4 is 11.7 Å². The molecule has 0 aromatic carbocycles. The van der Waals surface area contributed by atoms with E-state index in [2.05, 4.69) is 17.2 Å². The summed E-state index contributed by atoms with van der Waals surface area (Å²) in [5.74, 6) is 0.336. The SMILES string of the molecule is CCC1(NC(=O)c2ccnc(N)c2)CCC1. The summed E-state index contributed by atoms with van der Waals surface area (Å²) in [6, 6.07) is 3.30. The molecule has 1 fully saturated rings. The smallest absolute Gasteiger partial charge is 0.251 e. The van der Waals surface area contributed by atoms with Crippen molar-refractivity contribution in [2.75, 3.05) is 5.73 Å². The molecule has 3 N–H and O–H groups in total. The number of carbonyl (C=O) groups excluding carboxylic acids is 1. The second-order valence-electron chi connectivity index (χ2n) is 4.41. The van der Waals surface area contributed by atoms with E-state index in [1.54, 1.807) is 18.3 Å². The molecular weight excluding hydrogens is 202 g/mol. The number of pyridine rings is 1. The highest BCUT2D eigenvalue weighted by molar-refractivity contribution is 5.95. The number of nitrogens with two attached hydrogens (primary N) is 1. The zero-order chi connectivity index (χ0) is 11.6. The zero-order valence-electron chi connectivity index (χ0n) is 9.49. The van der Waals surface area contributed by atoms with Crippen LogP contribution in [-0.4, -0.2) is 16.4 Å². The van der Waals surface area contributed by atoms with Crippen LogP contribution < -0.4 is 11.1 Å². The average molecular weight is 219 g/mol. The minimum Gasteiger partial charge on any atom is -0.384 e. The number of carbonyl (C=O) groups is 1. The van der Waals surface area contributed by atoms with Gasteiger partial charge < -0.3 is 11.1 Å². The number of hydrogen-bond donors (Lipinski definition) is 2. The maximum atomic E-state index is 12.0. The molecule has 0 saturated heterocycles. The number of nitrogens with one attached hydrogen (secondary N) is 1. The van der Waals surface area contributed by atoms with Crippen LogP contribution in [-0.2, 0) is 0 Å². The molecule has 86 valence electrons. The van der Waals surface area contributed by atoms with Crippen molar-refractivity contribution in [2.45, 2.75) is 38.1 Å². The Hall–Kier alpha value is -1.58. The van der Waals surface area contributed by atoms with Gasteiger partial charge in [-0.15, -0.1) is 0 Å². The van der Waals surface area contributed by atoms with Crippen LogP contribution in [0.25, 0.3) is 0 Å². The van der Waals surface area contributed by atoms with Crippen LogP contribution in [0.2, 0.25) is 0 Å². The van der Waals surface area contributed by atoms with Crippen LogP contribution >= 0.6 is 0 Å². The third-order valence-corrected chi connectivity index (χ3v) is 3.41. The van der Waals surface area contributed by atoms with Crippen LogP contribution in [0.5, 0.6) is 0 Å². The quantitative estimate of drug-likeness (QED) is 0.813. The Morgan fingerprint density at radius 2 is 2.38 bits per heavy atom. The van der Waals surface area contributed by atoms with Gasteiger partial charge in [0.2, 0.25) is 0 Å². The van der Waals surface area contributed by atoms with Crippen LogP contribution in [0.4, 0.5) is 5.82 Å². The Kier molecular flexibility index (Phi) is 2.81. The van der Waals surface area contributed by atoms with Crippen molar-refractivity contribution in [3.05, 3.63) is 23.9 Å². The Balaban J connectivity index is 2.08. The van der Waals surface area contributed by atoms with Gasteiger partial charge in [0.15, 0.2) is 0 Å². The Morgan fingerprint density at radius 1 is 1.62 bits per heavy atom. The van der Waals surface area contributed by atoms with E-state index in [4.69, 9.17) is 5.73 Å². The molecule has 0 radical (unpaired) electrons. The molecule has 0 bridgehead atoms. The molecule has 0 atom stereocenters. The maximum Gasteiger partial charge on any atom is 0.251 e. The highest BCUT2D eigenvalue weighted by Gasteiger charge is 2.36. The molecule has 2 rings (SSSR count). The summed E-state index contributed by atoms with van der Waals surface area (Å²) in [7, 11) is 0. The second-order valence-corrected chi connectivity index (χ2v) is 4.41. The third kappa shape index (κ3) is 2.01. The maximum absolute atomic E-state index is 12.0. The molecule has 1 heterocycles. The molecule has 0 aliphatic heterocycles. The molecular formula is C12H17N3O. The van der Waals surface area contributed by atoms with Crippen molar-refractivity contribution in [3.8, 4) is 0 Å². The second kappa shape index (κ2) is 4.12. The van der Waals surface area contributed by atoms with Crippen LogP contribution in [0, 0.1) is 0 Å². The highest BCUT2D eigenvalue weighted by atomic mass is 16.1. The molecule has 1 aromatic heterocycles. The van der Waals surface area contributed by atoms with Crippen molar-refractivity contribution in [1.29, 1.82) is 0 Å². The zero-order valence-corrected chi connectivity index (χ0v) is 9.49. The predicted molar refractivity (Wildman–Crippen MR) is 63.0 cm³/mol. The van der Waals surface area contributed by atoms with Gasteiger partial charge in [-0.05, 0) is 37.8 Å². The van der Waals surface area contributed by atoms with E-state index in [-0.39, 0.29) is 11.4 Å². The molecule has 1 saturated carbocycles. The normalized spacial score (nSPS) is 17.6. The first-order valence-electron chi connectivity index (χ1n) is 5.69. The third-order valence-electron chi connectivity index (χ3n) is 3.41. The Bertz CT molecular complexity index is 393.